The molecule has 0 radical (unpaired) electrons. The van der Waals surface area contributed by atoms with Crippen LogP contribution in [0.15, 0.2) is 36.4 Å². The Morgan fingerprint density at radius 3 is 1.65 bits per heavy atom. The van der Waals surface area contributed by atoms with Crippen LogP contribution in [0.3, 0.4) is 0 Å². The Balaban J connectivity index is 2.49. The summed E-state index contributed by atoms with van der Waals surface area (Å²) in [5.74, 6) is -2.81. The summed E-state index contributed by atoms with van der Waals surface area (Å²) in [5.41, 5.74) is 0.310. The second-order valence-electron chi connectivity index (χ2n) is 6.46. The van der Waals surface area contributed by atoms with Crippen LogP contribution in [0.2, 0.25) is 11.1 Å². The molecular formula is C18H21F3OSi. The molecule has 1 nitrogen and oxygen atoms in total. The Hall–Kier alpha value is -1.59. The number of rotatable bonds is 4. The summed E-state index contributed by atoms with van der Waals surface area (Å²) in [5, 5.41) is 0.828. The molecule has 1 N–H and O–H groups in total. The fourth-order valence-electron chi connectivity index (χ4n) is 3.06. The minimum Gasteiger partial charge on any atom is -0.427 e. The van der Waals surface area contributed by atoms with Gasteiger partial charge >= 0.3 is 0 Å². The van der Waals surface area contributed by atoms with Gasteiger partial charge in [-0.2, -0.15) is 0 Å². The van der Waals surface area contributed by atoms with Crippen molar-refractivity contribution < 1.29 is 18.0 Å². The highest BCUT2D eigenvalue weighted by Gasteiger charge is 2.40. The Bertz CT molecular complexity index is 665. The van der Waals surface area contributed by atoms with E-state index in [0.29, 0.717) is 17.7 Å². The van der Waals surface area contributed by atoms with Crippen LogP contribution in [0.25, 0.3) is 11.1 Å². The van der Waals surface area contributed by atoms with E-state index in [1.807, 2.05) is 27.7 Å². The third kappa shape index (κ3) is 3.21. The van der Waals surface area contributed by atoms with Crippen molar-refractivity contribution in [1.82, 2.24) is 0 Å². The predicted molar refractivity (Wildman–Crippen MR) is 89.6 cm³/mol. The second-order valence-corrected chi connectivity index (χ2v) is 11.0. The minimum absolute atomic E-state index is 0.118. The van der Waals surface area contributed by atoms with Crippen molar-refractivity contribution in [3.63, 3.8) is 0 Å². The van der Waals surface area contributed by atoms with Gasteiger partial charge in [0.1, 0.15) is 17.5 Å². The first-order valence-electron chi connectivity index (χ1n) is 7.65. The van der Waals surface area contributed by atoms with Crippen LogP contribution in [0.1, 0.15) is 27.7 Å². The van der Waals surface area contributed by atoms with Crippen LogP contribution in [0.4, 0.5) is 13.2 Å². The van der Waals surface area contributed by atoms with Crippen LogP contribution in [-0.4, -0.2) is 13.1 Å². The lowest BCUT2D eigenvalue weighted by Gasteiger charge is -2.33. The van der Waals surface area contributed by atoms with Gasteiger partial charge in [-0.3, -0.25) is 0 Å². The fraction of sp³-hybridized carbons (Fsp3) is 0.333. The standard InChI is InChI=1S/C18H21F3OSi/c1-11(2)23(22,12(3)4)15-7-5-13(6-8-15)18-16(20)9-14(19)10-17(18)21/h5-12,22H,1-4H3. The summed E-state index contributed by atoms with van der Waals surface area (Å²) in [4.78, 5) is 11.1. The molecular weight excluding hydrogens is 317 g/mol. The van der Waals surface area contributed by atoms with Crippen molar-refractivity contribution in [3.8, 4) is 11.1 Å². The summed E-state index contributed by atoms with van der Waals surface area (Å²) in [6, 6.07) is 7.95. The summed E-state index contributed by atoms with van der Waals surface area (Å²) >= 11 is 0. The highest BCUT2D eigenvalue weighted by molar-refractivity contribution is 6.87. The number of hydrogen-bond donors (Lipinski definition) is 1. The normalized spacial score (nSPS) is 12.3. The van der Waals surface area contributed by atoms with Crippen molar-refractivity contribution in [2.45, 2.75) is 38.8 Å². The lowest BCUT2D eigenvalue weighted by molar-refractivity contribution is 0.513. The average Bonchev–Trinajstić information content (AvgIpc) is 2.45. The quantitative estimate of drug-likeness (QED) is 0.799. The second kappa shape index (κ2) is 6.49. The van der Waals surface area contributed by atoms with E-state index in [1.54, 1.807) is 24.3 Å². The monoisotopic (exact) mass is 338 g/mol. The topological polar surface area (TPSA) is 20.2 Å². The molecule has 2 rings (SSSR count). The van der Waals surface area contributed by atoms with E-state index < -0.39 is 25.8 Å². The van der Waals surface area contributed by atoms with Gasteiger partial charge in [0.2, 0.25) is 8.32 Å². The first-order valence-corrected chi connectivity index (χ1v) is 9.76. The Labute approximate surface area is 135 Å². The maximum atomic E-state index is 13.9. The molecule has 0 saturated carbocycles. The van der Waals surface area contributed by atoms with Gasteiger partial charge in [-0.05, 0) is 21.8 Å². The van der Waals surface area contributed by atoms with Crippen LogP contribution in [-0.2, 0) is 0 Å². The summed E-state index contributed by atoms with van der Waals surface area (Å²) in [7, 11) is -2.69. The summed E-state index contributed by atoms with van der Waals surface area (Å²) in [6.07, 6.45) is 0. The molecule has 23 heavy (non-hydrogen) atoms. The maximum absolute atomic E-state index is 13.9. The van der Waals surface area contributed by atoms with Gasteiger partial charge in [0.05, 0.1) is 5.56 Å². The van der Waals surface area contributed by atoms with Crippen LogP contribution >= 0.6 is 0 Å². The number of benzene rings is 2. The molecule has 0 amide bonds. The Kier molecular flexibility index (Phi) is 5.01. The van der Waals surface area contributed by atoms with E-state index in [4.69, 9.17) is 0 Å². The predicted octanol–water partition coefficient (Wildman–Crippen LogP) is 4.74. The fourth-order valence-corrected chi connectivity index (χ4v) is 6.42. The third-order valence-corrected chi connectivity index (χ3v) is 9.18. The summed E-state index contributed by atoms with van der Waals surface area (Å²) < 4.78 is 40.7. The highest BCUT2D eigenvalue weighted by Crippen LogP contribution is 2.31. The molecule has 5 heteroatoms. The molecule has 124 valence electrons. The highest BCUT2D eigenvalue weighted by atomic mass is 28.4. The van der Waals surface area contributed by atoms with Crippen molar-refractivity contribution >= 4 is 13.5 Å². The molecule has 2 aromatic carbocycles. The van der Waals surface area contributed by atoms with Gasteiger partial charge in [0.15, 0.2) is 0 Å². The maximum Gasteiger partial charge on any atom is 0.225 e. The molecule has 0 spiro atoms. The Morgan fingerprint density at radius 1 is 0.826 bits per heavy atom. The Morgan fingerprint density at radius 2 is 1.26 bits per heavy atom. The SMILES string of the molecule is CC(C)[Si](O)(c1ccc(-c2c(F)cc(F)cc2F)cc1)C(C)C. The van der Waals surface area contributed by atoms with E-state index in [2.05, 4.69) is 0 Å². The average molecular weight is 338 g/mol. The molecule has 0 saturated heterocycles. The van der Waals surface area contributed by atoms with Crippen LogP contribution in [0.5, 0.6) is 0 Å². The van der Waals surface area contributed by atoms with Gasteiger partial charge in [0.25, 0.3) is 0 Å². The van der Waals surface area contributed by atoms with Gasteiger partial charge in [0, 0.05) is 12.1 Å². The van der Waals surface area contributed by atoms with E-state index in [1.165, 1.54) is 0 Å². The van der Waals surface area contributed by atoms with E-state index in [0.717, 1.165) is 5.19 Å². The van der Waals surface area contributed by atoms with Crippen molar-refractivity contribution in [2.24, 2.45) is 0 Å². The third-order valence-electron chi connectivity index (χ3n) is 4.40. The number of halogens is 3. The zero-order chi connectivity index (χ0) is 17.4. The van der Waals surface area contributed by atoms with Crippen molar-refractivity contribution in [1.29, 1.82) is 0 Å². The molecule has 0 heterocycles. The van der Waals surface area contributed by atoms with Gasteiger partial charge in [-0.25, -0.2) is 13.2 Å². The van der Waals surface area contributed by atoms with E-state index >= 15 is 0 Å². The lowest BCUT2D eigenvalue weighted by Crippen LogP contribution is -2.53. The van der Waals surface area contributed by atoms with Gasteiger partial charge in [-0.1, -0.05) is 52.0 Å². The zero-order valence-electron chi connectivity index (χ0n) is 13.7. The molecule has 2 aromatic rings. The van der Waals surface area contributed by atoms with E-state index in [-0.39, 0.29) is 16.6 Å². The smallest absolute Gasteiger partial charge is 0.225 e. The molecule has 0 aliphatic carbocycles. The first-order chi connectivity index (χ1) is 10.7. The molecule has 0 aliphatic heterocycles. The van der Waals surface area contributed by atoms with E-state index in [9.17, 15) is 18.0 Å². The van der Waals surface area contributed by atoms with Crippen molar-refractivity contribution in [3.05, 3.63) is 53.8 Å². The van der Waals surface area contributed by atoms with Crippen molar-refractivity contribution in [2.75, 3.05) is 0 Å². The largest absolute Gasteiger partial charge is 0.427 e. The summed E-state index contributed by atoms with van der Waals surface area (Å²) in [6.45, 7) is 7.94. The molecule has 0 fully saturated rings. The molecule has 0 aromatic heterocycles. The zero-order valence-corrected chi connectivity index (χ0v) is 14.7. The van der Waals surface area contributed by atoms with Crippen LogP contribution < -0.4 is 5.19 Å². The molecule has 0 bridgehead atoms. The van der Waals surface area contributed by atoms with Crippen LogP contribution in [0, 0.1) is 17.5 Å². The lowest BCUT2D eigenvalue weighted by atomic mass is 10.0. The first kappa shape index (κ1) is 17.8. The molecule has 0 aliphatic rings. The molecule has 0 unspecified atom stereocenters. The van der Waals surface area contributed by atoms with Gasteiger partial charge in [-0.15, -0.1) is 0 Å². The number of hydrogen-bond acceptors (Lipinski definition) is 1. The van der Waals surface area contributed by atoms with Gasteiger partial charge < -0.3 is 4.80 Å². The minimum atomic E-state index is -2.69. The molecule has 0 atom stereocenters.